The molecule has 1 fully saturated rings. The van der Waals surface area contributed by atoms with Crippen molar-refractivity contribution in [2.24, 2.45) is 5.92 Å². The van der Waals surface area contributed by atoms with E-state index in [9.17, 15) is 9.90 Å². The first-order chi connectivity index (χ1) is 21.1. The summed E-state index contributed by atoms with van der Waals surface area (Å²) in [4.78, 5) is 20.0. The van der Waals surface area contributed by atoms with Crippen molar-refractivity contribution < 1.29 is 14.6 Å². The number of ether oxygens (including phenoxy) is 1. The summed E-state index contributed by atoms with van der Waals surface area (Å²) in [5.41, 5.74) is 3.58. The smallest absolute Gasteiger partial charge is 0.223 e. The zero-order valence-corrected chi connectivity index (χ0v) is 25.1. The second-order valence-corrected chi connectivity index (χ2v) is 11.8. The molecule has 0 radical (unpaired) electrons. The van der Waals surface area contributed by atoms with Gasteiger partial charge in [0.1, 0.15) is 18.5 Å². The van der Waals surface area contributed by atoms with Crippen LogP contribution in [0.5, 0.6) is 5.75 Å². The van der Waals surface area contributed by atoms with E-state index in [1.807, 2.05) is 30.3 Å². The molecule has 6 nitrogen and oxygen atoms in total. The third-order valence-corrected chi connectivity index (χ3v) is 8.53. The molecule has 1 aromatic heterocycles. The van der Waals surface area contributed by atoms with Crippen LogP contribution < -0.4 is 10.1 Å². The number of hydrogen-bond donors (Lipinski definition) is 2. The third-order valence-electron chi connectivity index (χ3n) is 8.53. The molecule has 2 heterocycles. The number of nitrogens with zero attached hydrogens (tertiary/aromatic N) is 2. The van der Waals surface area contributed by atoms with Gasteiger partial charge in [0.05, 0.1) is 5.52 Å². The minimum Gasteiger partial charge on any atom is -0.490 e. The molecular formula is C37H45N3O3. The second-order valence-electron chi connectivity index (χ2n) is 11.8. The van der Waals surface area contributed by atoms with E-state index < -0.39 is 6.10 Å². The monoisotopic (exact) mass is 579 g/mol. The molecule has 1 aliphatic heterocycles. The number of aromatic nitrogens is 1. The van der Waals surface area contributed by atoms with Crippen molar-refractivity contribution in [3.8, 4) is 5.75 Å². The van der Waals surface area contributed by atoms with Gasteiger partial charge in [0.25, 0.3) is 0 Å². The van der Waals surface area contributed by atoms with Crippen molar-refractivity contribution in [2.45, 2.75) is 63.5 Å². The molecule has 0 unspecified atom stereocenters. The Morgan fingerprint density at radius 2 is 1.51 bits per heavy atom. The molecule has 0 aliphatic carbocycles. The number of carbonyl (C=O) groups excluding carboxylic acids is 1. The Bertz CT molecular complexity index is 1340. The summed E-state index contributed by atoms with van der Waals surface area (Å²) >= 11 is 0. The predicted molar refractivity (Wildman–Crippen MR) is 173 cm³/mol. The first kappa shape index (κ1) is 30.7. The number of rotatable bonds is 15. The largest absolute Gasteiger partial charge is 0.490 e. The van der Waals surface area contributed by atoms with Crippen LogP contribution >= 0.6 is 0 Å². The van der Waals surface area contributed by atoms with E-state index in [0.717, 1.165) is 81.1 Å². The van der Waals surface area contributed by atoms with Gasteiger partial charge in [0.2, 0.25) is 5.91 Å². The normalized spacial score (nSPS) is 15.0. The maximum Gasteiger partial charge on any atom is 0.223 e. The number of β-amino-alcohol motifs (C(OH)–C–C–N with tert-alkyl or cyclic N) is 1. The first-order valence-corrected chi connectivity index (χ1v) is 15.9. The van der Waals surface area contributed by atoms with Crippen LogP contribution in [0, 0.1) is 5.92 Å². The van der Waals surface area contributed by atoms with Gasteiger partial charge in [0, 0.05) is 30.1 Å². The van der Waals surface area contributed by atoms with E-state index in [1.165, 1.54) is 11.1 Å². The Kier molecular flexibility index (Phi) is 11.6. The number of hydrogen-bond acceptors (Lipinski definition) is 5. The van der Waals surface area contributed by atoms with Crippen molar-refractivity contribution >= 4 is 16.8 Å². The van der Waals surface area contributed by atoms with Gasteiger partial charge in [-0.3, -0.25) is 9.78 Å². The number of benzene rings is 3. The molecule has 226 valence electrons. The van der Waals surface area contributed by atoms with E-state index in [0.29, 0.717) is 6.54 Å². The highest BCUT2D eigenvalue weighted by Gasteiger charge is 2.27. The molecule has 0 bridgehead atoms. The summed E-state index contributed by atoms with van der Waals surface area (Å²) in [6.45, 7) is 2.38. The van der Waals surface area contributed by atoms with Crippen molar-refractivity contribution in [2.75, 3.05) is 26.2 Å². The molecule has 43 heavy (non-hydrogen) atoms. The quantitative estimate of drug-likeness (QED) is 0.175. The van der Waals surface area contributed by atoms with Gasteiger partial charge in [-0.2, -0.15) is 0 Å². The Morgan fingerprint density at radius 3 is 2.16 bits per heavy atom. The van der Waals surface area contributed by atoms with E-state index in [4.69, 9.17) is 4.74 Å². The van der Waals surface area contributed by atoms with E-state index in [1.54, 1.807) is 6.20 Å². The van der Waals surface area contributed by atoms with E-state index in [-0.39, 0.29) is 24.5 Å². The van der Waals surface area contributed by atoms with Crippen LogP contribution in [0.15, 0.2) is 97.2 Å². The summed E-state index contributed by atoms with van der Waals surface area (Å²) in [7, 11) is 0. The molecule has 6 heteroatoms. The highest BCUT2D eigenvalue weighted by atomic mass is 16.5. The SMILES string of the molecule is O=C(NC(CCCc1ccccc1)CCCc1ccccc1)C1CCN(C[C@@H](O)COc2cccc3ncccc23)CC1. The van der Waals surface area contributed by atoms with Gasteiger partial charge in [-0.1, -0.05) is 66.7 Å². The molecule has 0 saturated carbocycles. The average molecular weight is 580 g/mol. The number of piperidine rings is 1. The number of pyridine rings is 1. The third kappa shape index (κ3) is 9.63. The average Bonchev–Trinajstić information content (AvgIpc) is 3.05. The van der Waals surface area contributed by atoms with Gasteiger partial charge < -0.3 is 20.1 Å². The molecular weight excluding hydrogens is 534 g/mol. The zero-order valence-electron chi connectivity index (χ0n) is 25.1. The van der Waals surface area contributed by atoms with Gasteiger partial charge in [-0.05, 0) is 99.8 Å². The number of aryl methyl sites for hydroxylation is 2. The van der Waals surface area contributed by atoms with Crippen LogP contribution in [0.1, 0.15) is 49.7 Å². The molecule has 1 amide bonds. The van der Waals surface area contributed by atoms with Crippen LogP contribution in [0.4, 0.5) is 0 Å². The van der Waals surface area contributed by atoms with Gasteiger partial charge in [-0.15, -0.1) is 0 Å². The van der Waals surface area contributed by atoms with E-state index >= 15 is 0 Å². The molecule has 0 spiro atoms. The molecule has 3 aromatic carbocycles. The lowest BCUT2D eigenvalue weighted by atomic mass is 9.94. The van der Waals surface area contributed by atoms with Crippen molar-refractivity contribution in [1.29, 1.82) is 0 Å². The standard InChI is InChI=1S/C37H45N3O3/c41-33(28-43-36-21-9-20-35-34(36)19-10-24-38-35)27-40-25-22-31(23-26-40)37(42)39-32(17-7-15-29-11-3-1-4-12-29)18-8-16-30-13-5-2-6-14-30/h1-6,9-14,19-21,24,31-33,41H,7-8,15-18,22-23,25-28H2,(H,39,42)/t33-/m1/s1. The minimum absolute atomic E-state index is 0.0265. The molecule has 1 aliphatic rings. The summed E-state index contributed by atoms with van der Waals surface area (Å²) in [6.07, 6.45) is 8.98. The number of amides is 1. The topological polar surface area (TPSA) is 74.7 Å². The highest BCUT2D eigenvalue weighted by Crippen LogP contribution is 2.24. The summed E-state index contributed by atoms with van der Waals surface area (Å²) in [5.74, 6) is 0.957. The fourth-order valence-electron chi connectivity index (χ4n) is 6.12. The lowest BCUT2D eigenvalue weighted by Gasteiger charge is -2.33. The molecule has 2 N–H and O–H groups in total. The number of aliphatic hydroxyl groups excluding tert-OH is 1. The maximum absolute atomic E-state index is 13.4. The zero-order chi connectivity index (χ0) is 29.7. The molecule has 4 aromatic rings. The van der Waals surface area contributed by atoms with Crippen molar-refractivity contribution in [1.82, 2.24) is 15.2 Å². The number of likely N-dealkylation sites (tertiary alicyclic amines) is 1. The first-order valence-electron chi connectivity index (χ1n) is 15.9. The van der Waals surface area contributed by atoms with Crippen molar-refractivity contribution in [3.05, 3.63) is 108 Å². The Morgan fingerprint density at radius 1 is 0.860 bits per heavy atom. The van der Waals surface area contributed by atoms with Crippen molar-refractivity contribution in [3.63, 3.8) is 0 Å². The van der Waals surface area contributed by atoms with Gasteiger partial charge >= 0.3 is 0 Å². The number of carbonyl (C=O) groups is 1. The predicted octanol–water partition coefficient (Wildman–Crippen LogP) is 6.22. The Labute approximate surface area is 256 Å². The van der Waals surface area contributed by atoms with Crippen LogP contribution in [0.25, 0.3) is 10.9 Å². The van der Waals surface area contributed by atoms with E-state index in [2.05, 4.69) is 75.9 Å². The molecule has 5 rings (SSSR count). The lowest BCUT2D eigenvalue weighted by molar-refractivity contribution is -0.127. The highest BCUT2D eigenvalue weighted by molar-refractivity contribution is 5.84. The van der Waals surface area contributed by atoms with Crippen LogP contribution in [0.3, 0.4) is 0 Å². The Hall–Kier alpha value is -3.74. The summed E-state index contributed by atoms with van der Waals surface area (Å²) < 4.78 is 5.97. The number of nitrogens with one attached hydrogen (secondary N) is 1. The maximum atomic E-state index is 13.4. The second kappa shape index (κ2) is 16.2. The number of aliphatic hydroxyl groups is 1. The number of fused-ring (bicyclic) bond motifs is 1. The summed E-state index contributed by atoms with van der Waals surface area (Å²) in [6, 6.07) is 31.1. The van der Waals surface area contributed by atoms with Crippen LogP contribution in [0.2, 0.25) is 0 Å². The lowest BCUT2D eigenvalue weighted by Crippen LogP contribution is -2.46. The summed E-state index contributed by atoms with van der Waals surface area (Å²) in [5, 5.41) is 15.1. The minimum atomic E-state index is -0.601. The van der Waals surface area contributed by atoms with Crippen LogP contribution in [-0.4, -0.2) is 59.3 Å². The Balaban J connectivity index is 1.06. The fourth-order valence-corrected chi connectivity index (χ4v) is 6.12. The van der Waals surface area contributed by atoms with Gasteiger partial charge in [0.15, 0.2) is 0 Å². The fraction of sp³-hybridized carbons (Fsp3) is 0.405. The van der Waals surface area contributed by atoms with Crippen LogP contribution in [-0.2, 0) is 17.6 Å². The van der Waals surface area contributed by atoms with Gasteiger partial charge in [-0.25, -0.2) is 0 Å². The molecule has 1 saturated heterocycles. The molecule has 1 atom stereocenters.